The highest BCUT2D eigenvalue weighted by Gasteiger charge is 2.18. The Hall–Kier alpha value is -1.81. The Morgan fingerprint density at radius 3 is 2.58 bits per heavy atom. The van der Waals surface area contributed by atoms with E-state index >= 15 is 0 Å². The van der Waals surface area contributed by atoms with Gasteiger partial charge in [0, 0.05) is 17.2 Å². The quantitative estimate of drug-likeness (QED) is 0.916. The summed E-state index contributed by atoms with van der Waals surface area (Å²) in [6, 6.07) is 12.4. The van der Waals surface area contributed by atoms with E-state index in [9.17, 15) is 9.90 Å². The number of anilines is 1. The zero-order chi connectivity index (χ0) is 14.0. The van der Waals surface area contributed by atoms with E-state index in [1.165, 1.54) is 11.0 Å². The number of halogens is 1. The number of aryl methyl sites for hydroxylation is 1. The van der Waals surface area contributed by atoms with Crippen molar-refractivity contribution in [3.63, 3.8) is 0 Å². The molecule has 0 saturated heterocycles. The highest BCUT2D eigenvalue weighted by molar-refractivity contribution is 9.10. The van der Waals surface area contributed by atoms with Crippen molar-refractivity contribution in [1.29, 1.82) is 0 Å². The average molecular weight is 320 g/mol. The van der Waals surface area contributed by atoms with Crippen molar-refractivity contribution in [3.8, 4) is 5.75 Å². The van der Waals surface area contributed by atoms with Crippen molar-refractivity contribution in [2.45, 2.75) is 6.92 Å². The molecule has 0 heterocycles. The molecule has 98 valence electrons. The van der Waals surface area contributed by atoms with Gasteiger partial charge in [0.15, 0.2) is 0 Å². The van der Waals surface area contributed by atoms with Gasteiger partial charge in [-0.25, -0.2) is 0 Å². The maximum Gasteiger partial charge on any atom is 0.261 e. The van der Waals surface area contributed by atoms with Crippen LogP contribution in [0.3, 0.4) is 0 Å². The number of carbonyl (C=O) groups is 1. The molecule has 1 amide bonds. The van der Waals surface area contributed by atoms with Crippen molar-refractivity contribution < 1.29 is 9.90 Å². The third kappa shape index (κ3) is 2.79. The number of rotatable bonds is 2. The molecule has 0 radical (unpaired) electrons. The van der Waals surface area contributed by atoms with E-state index in [2.05, 4.69) is 15.9 Å². The van der Waals surface area contributed by atoms with Crippen LogP contribution in [-0.4, -0.2) is 18.1 Å². The second-order valence-corrected chi connectivity index (χ2v) is 5.23. The highest BCUT2D eigenvalue weighted by atomic mass is 79.9. The summed E-state index contributed by atoms with van der Waals surface area (Å²) in [7, 11) is 1.70. The molecule has 2 aromatic carbocycles. The Labute approximate surface area is 120 Å². The van der Waals surface area contributed by atoms with Crippen molar-refractivity contribution in [2.75, 3.05) is 11.9 Å². The fraction of sp³-hybridized carbons (Fsp3) is 0.133. The second-order valence-electron chi connectivity index (χ2n) is 4.31. The summed E-state index contributed by atoms with van der Waals surface area (Å²) in [5.74, 6) is -0.262. The summed E-state index contributed by atoms with van der Waals surface area (Å²) in [4.78, 5) is 14.0. The normalized spacial score (nSPS) is 10.3. The maximum absolute atomic E-state index is 12.4. The molecule has 0 aromatic heterocycles. The third-order valence-corrected chi connectivity index (χ3v) is 3.46. The second kappa shape index (κ2) is 5.45. The van der Waals surface area contributed by atoms with Crippen molar-refractivity contribution in [2.24, 2.45) is 0 Å². The Bertz CT molecular complexity index is 625. The van der Waals surface area contributed by atoms with Crippen LogP contribution in [0.25, 0.3) is 0 Å². The monoisotopic (exact) mass is 319 g/mol. The van der Waals surface area contributed by atoms with Crippen LogP contribution in [0.5, 0.6) is 5.75 Å². The van der Waals surface area contributed by atoms with Gasteiger partial charge < -0.3 is 10.0 Å². The number of amides is 1. The number of carbonyl (C=O) groups excluding carboxylic acids is 1. The van der Waals surface area contributed by atoms with Gasteiger partial charge in [-0.1, -0.05) is 34.1 Å². The van der Waals surface area contributed by atoms with Crippen LogP contribution >= 0.6 is 15.9 Å². The molecule has 19 heavy (non-hydrogen) atoms. The lowest BCUT2D eigenvalue weighted by Gasteiger charge is -2.20. The topological polar surface area (TPSA) is 40.5 Å². The summed E-state index contributed by atoms with van der Waals surface area (Å²) in [5.41, 5.74) is 2.11. The Morgan fingerprint density at radius 1 is 1.21 bits per heavy atom. The summed E-state index contributed by atoms with van der Waals surface area (Å²) < 4.78 is 0.756. The van der Waals surface area contributed by atoms with Crippen molar-refractivity contribution in [1.82, 2.24) is 0 Å². The van der Waals surface area contributed by atoms with Gasteiger partial charge in [0.1, 0.15) is 5.75 Å². The number of phenols is 1. The van der Waals surface area contributed by atoms with Gasteiger partial charge >= 0.3 is 0 Å². The average Bonchev–Trinajstić information content (AvgIpc) is 2.40. The van der Waals surface area contributed by atoms with Crippen LogP contribution < -0.4 is 4.90 Å². The SMILES string of the molecule is Cc1ccccc1N(C)C(=O)c1cc(Br)ccc1O. The standard InChI is InChI=1S/C15H14BrNO2/c1-10-5-3-4-6-13(10)17(2)15(19)12-9-11(16)7-8-14(12)18/h3-9,18H,1-2H3. The van der Waals surface area contributed by atoms with Gasteiger partial charge in [-0.2, -0.15) is 0 Å². The number of benzene rings is 2. The fourth-order valence-electron chi connectivity index (χ4n) is 1.91. The predicted octanol–water partition coefficient (Wildman–Crippen LogP) is 3.74. The van der Waals surface area contributed by atoms with Crippen molar-refractivity contribution >= 4 is 27.5 Å². The molecule has 0 aliphatic rings. The van der Waals surface area contributed by atoms with Crippen LogP contribution in [0.4, 0.5) is 5.69 Å². The van der Waals surface area contributed by atoms with Gasteiger partial charge in [-0.15, -0.1) is 0 Å². The smallest absolute Gasteiger partial charge is 0.261 e. The molecular weight excluding hydrogens is 306 g/mol. The molecule has 2 aromatic rings. The Kier molecular flexibility index (Phi) is 3.90. The summed E-state index contributed by atoms with van der Waals surface area (Å²) in [5, 5.41) is 9.80. The van der Waals surface area contributed by atoms with E-state index in [1.54, 1.807) is 19.2 Å². The van der Waals surface area contributed by atoms with Gasteiger partial charge in [0.05, 0.1) is 5.56 Å². The molecule has 0 atom stereocenters. The lowest BCUT2D eigenvalue weighted by Crippen LogP contribution is -2.26. The molecule has 1 N–H and O–H groups in total. The van der Waals surface area contributed by atoms with E-state index in [1.807, 2.05) is 31.2 Å². The zero-order valence-electron chi connectivity index (χ0n) is 10.7. The summed E-state index contributed by atoms with van der Waals surface area (Å²) >= 11 is 3.30. The number of hydrogen-bond donors (Lipinski definition) is 1. The van der Waals surface area contributed by atoms with Crippen LogP contribution in [0.15, 0.2) is 46.9 Å². The number of para-hydroxylation sites is 1. The van der Waals surface area contributed by atoms with E-state index in [0.717, 1.165) is 15.7 Å². The van der Waals surface area contributed by atoms with Crippen LogP contribution in [0.2, 0.25) is 0 Å². The zero-order valence-corrected chi connectivity index (χ0v) is 12.3. The lowest BCUT2D eigenvalue weighted by molar-refractivity contribution is 0.0990. The lowest BCUT2D eigenvalue weighted by atomic mass is 10.1. The van der Waals surface area contributed by atoms with E-state index in [4.69, 9.17) is 0 Å². The fourth-order valence-corrected chi connectivity index (χ4v) is 2.27. The largest absolute Gasteiger partial charge is 0.507 e. The van der Waals surface area contributed by atoms with E-state index in [0.29, 0.717) is 0 Å². The van der Waals surface area contributed by atoms with Gasteiger partial charge in [-0.3, -0.25) is 4.79 Å². The molecule has 4 heteroatoms. The first-order valence-corrected chi connectivity index (χ1v) is 6.62. The number of hydrogen-bond acceptors (Lipinski definition) is 2. The highest BCUT2D eigenvalue weighted by Crippen LogP contribution is 2.26. The molecule has 0 unspecified atom stereocenters. The molecule has 0 saturated carbocycles. The van der Waals surface area contributed by atoms with E-state index < -0.39 is 0 Å². The minimum atomic E-state index is -0.242. The van der Waals surface area contributed by atoms with Crippen LogP contribution in [-0.2, 0) is 0 Å². The molecule has 0 aliphatic heterocycles. The summed E-state index contributed by atoms with van der Waals surface area (Å²) in [6.45, 7) is 1.94. The molecule has 2 rings (SSSR count). The first kappa shape index (κ1) is 13.6. The van der Waals surface area contributed by atoms with Crippen molar-refractivity contribution in [3.05, 3.63) is 58.1 Å². The van der Waals surface area contributed by atoms with Crippen LogP contribution in [0.1, 0.15) is 15.9 Å². The molecule has 3 nitrogen and oxygen atoms in total. The molecule has 0 bridgehead atoms. The number of aromatic hydroxyl groups is 1. The first-order valence-electron chi connectivity index (χ1n) is 5.83. The van der Waals surface area contributed by atoms with Crippen LogP contribution in [0, 0.1) is 6.92 Å². The first-order chi connectivity index (χ1) is 9.00. The van der Waals surface area contributed by atoms with Gasteiger partial charge in [0.2, 0.25) is 0 Å². The Morgan fingerprint density at radius 2 is 1.89 bits per heavy atom. The summed E-state index contributed by atoms with van der Waals surface area (Å²) in [6.07, 6.45) is 0. The minimum absolute atomic E-state index is 0.0198. The third-order valence-electron chi connectivity index (χ3n) is 2.97. The molecular formula is C15H14BrNO2. The predicted molar refractivity (Wildman–Crippen MR) is 79.7 cm³/mol. The Balaban J connectivity index is 2.39. The number of nitrogens with zero attached hydrogens (tertiary/aromatic N) is 1. The number of phenolic OH excluding ortho intramolecular Hbond substituents is 1. The van der Waals surface area contributed by atoms with E-state index in [-0.39, 0.29) is 17.2 Å². The maximum atomic E-state index is 12.4. The molecule has 0 aliphatic carbocycles. The molecule has 0 fully saturated rings. The minimum Gasteiger partial charge on any atom is -0.507 e. The molecule has 0 spiro atoms. The van der Waals surface area contributed by atoms with Gasteiger partial charge in [-0.05, 0) is 36.8 Å². The van der Waals surface area contributed by atoms with Gasteiger partial charge in [0.25, 0.3) is 5.91 Å².